The first-order valence-electron chi connectivity index (χ1n) is 5.16. The van der Waals surface area contributed by atoms with Crippen LogP contribution in [0.15, 0.2) is 22.7 Å². The molecule has 0 aromatic carbocycles. The Bertz CT molecular complexity index is 452. The van der Waals surface area contributed by atoms with Gasteiger partial charge in [-0.1, -0.05) is 6.92 Å². The van der Waals surface area contributed by atoms with Crippen molar-refractivity contribution in [3.8, 4) is 0 Å². The summed E-state index contributed by atoms with van der Waals surface area (Å²) in [5, 5.41) is 4.80. The first kappa shape index (κ1) is 11.6. The highest BCUT2D eigenvalue weighted by molar-refractivity contribution is 7.11. The molecule has 3 nitrogen and oxygen atoms in total. The predicted molar refractivity (Wildman–Crippen MR) is 65.8 cm³/mol. The van der Waals surface area contributed by atoms with E-state index in [9.17, 15) is 0 Å². The Morgan fingerprint density at radius 3 is 2.94 bits per heavy atom. The summed E-state index contributed by atoms with van der Waals surface area (Å²) in [4.78, 5) is 5.64. The van der Waals surface area contributed by atoms with E-state index in [0.29, 0.717) is 11.8 Å². The van der Waals surface area contributed by atoms with E-state index >= 15 is 0 Å². The fraction of sp³-hybridized carbons (Fsp3) is 0.364. The highest BCUT2D eigenvalue weighted by Gasteiger charge is 2.02. The van der Waals surface area contributed by atoms with Crippen molar-refractivity contribution < 1.29 is 4.42 Å². The van der Waals surface area contributed by atoms with Crippen LogP contribution in [0.4, 0.5) is 0 Å². The number of thiazole rings is 1. The highest BCUT2D eigenvalue weighted by Crippen LogP contribution is 2.14. The maximum Gasteiger partial charge on any atom is 0.193 e. The topological polar surface area (TPSA) is 38.1 Å². The molecule has 86 valence electrons. The average molecular weight is 257 g/mol. The van der Waals surface area contributed by atoms with E-state index in [1.807, 2.05) is 12.3 Å². The molecule has 0 bridgehead atoms. The molecule has 0 amide bonds. The lowest BCUT2D eigenvalue weighted by Crippen LogP contribution is -2.11. The zero-order chi connectivity index (χ0) is 11.4. The van der Waals surface area contributed by atoms with Gasteiger partial charge in [0.2, 0.25) is 0 Å². The summed E-state index contributed by atoms with van der Waals surface area (Å²) in [6, 6.07) is 3.62. The molecule has 0 saturated carbocycles. The summed E-state index contributed by atoms with van der Waals surface area (Å²) in [5.41, 5.74) is 0. The Kier molecular flexibility index (Phi) is 3.98. The molecule has 0 saturated heterocycles. The lowest BCUT2D eigenvalue weighted by molar-refractivity contribution is 0.484. The van der Waals surface area contributed by atoms with E-state index in [0.717, 1.165) is 23.7 Å². The van der Waals surface area contributed by atoms with E-state index in [1.165, 1.54) is 4.88 Å². The molecule has 2 aromatic rings. The number of aryl methyl sites for hydroxylation is 1. The fourth-order valence-corrected chi connectivity index (χ4v) is 2.33. The van der Waals surface area contributed by atoms with Gasteiger partial charge in [-0.05, 0) is 30.2 Å². The molecule has 0 aliphatic heterocycles. The second-order valence-corrected chi connectivity index (χ2v) is 4.96. The molecular weight excluding hydrogens is 244 g/mol. The molecule has 0 aliphatic carbocycles. The third-order valence-electron chi connectivity index (χ3n) is 2.15. The van der Waals surface area contributed by atoms with E-state index < -0.39 is 0 Å². The quantitative estimate of drug-likeness (QED) is 0.893. The third kappa shape index (κ3) is 3.07. The lowest BCUT2D eigenvalue weighted by atomic mass is 10.4. The summed E-state index contributed by atoms with van der Waals surface area (Å²) in [7, 11) is 0. The van der Waals surface area contributed by atoms with Crippen LogP contribution >= 0.6 is 22.9 Å². The van der Waals surface area contributed by atoms with Gasteiger partial charge in [0.1, 0.15) is 10.8 Å². The monoisotopic (exact) mass is 256 g/mol. The van der Waals surface area contributed by atoms with Crippen LogP contribution in [0.5, 0.6) is 0 Å². The summed E-state index contributed by atoms with van der Waals surface area (Å²) < 4.78 is 5.23. The van der Waals surface area contributed by atoms with Crippen LogP contribution in [0.2, 0.25) is 5.22 Å². The smallest absolute Gasteiger partial charge is 0.193 e. The van der Waals surface area contributed by atoms with Gasteiger partial charge in [0.15, 0.2) is 5.22 Å². The molecule has 0 radical (unpaired) electrons. The average Bonchev–Trinajstić information content (AvgIpc) is 2.88. The number of halogens is 1. The van der Waals surface area contributed by atoms with Crippen molar-refractivity contribution in [2.45, 2.75) is 26.4 Å². The van der Waals surface area contributed by atoms with Crippen molar-refractivity contribution in [2.24, 2.45) is 0 Å². The molecule has 0 spiro atoms. The van der Waals surface area contributed by atoms with Crippen LogP contribution in [0.25, 0.3) is 0 Å². The largest absolute Gasteiger partial charge is 0.448 e. The number of rotatable bonds is 5. The van der Waals surface area contributed by atoms with Gasteiger partial charge in [0, 0.05) is 17.6 Å². The van der Waals surface area contributed by atoms with E-state index in [4.69, 9.17) is 16.0 Å². The van der Waals surface area contributed by atoms with Gasteiger partial charge >= 0.3 is 0 Å². The maximum absolute atomic E-state index is 5.67. The van der Waals surface area contributed by atoms with Crippen molar-refractivity contribution in [2.75, 3.05) is 0 Å². The first-order chi connectivity index (χ1) is 7.78. The zero-order valence-corrected chi connectivity index (χ0v) is 10.6. The van der Waals surface area contributed by atoms with Crippen LogP contribution in [-0.4, -0.2) is 4.98 Å². The maximum atomic E-state index is 5.67. The zero-order valence-electron chi connectivity index (χ0n) is 9.00. The van der Waals surface area contributed by atoms with Gasteiger partial charge in [-0.25, -0.2) is 4.98 Å². The van der Waals surface area contributed by atoms with Gasteiger partial charge in [-0.3, -0.25) is 0 Å². The second-order valence-electron chi connectivity index (χ2n) is 3.38. The van der Waals surface area contributed by atoms with Gasteiger partial charge in [-0.2, -0.15) is 0 Å². The van der Waals surface area contributed by atoms with E-state index in [-0.39, 0.29) is 0 Å². The number of hydrogen-bond acceptors (Lipinski definition) is 4. The van der Waals surface area contributed by atoms with Crippen LogP contribution in [0.1, 0.15) is 22.6 Å². The number of nitrogens with one attached hydrogen (secondary N) is 1. The fourth-order valence-electron chi connectivity index (χ4n) is 1.33. The number of furan rings is 1. The van der Waals surface area contributed by atoms with E-state index in [2.05, 4.69) is 17.2 Å². The first-order valence-corrected chi connectivity index (χ1v) is 6.36. The Morgan fingerprint density at radius 2 is 2.31 bits per heavy atom. The molecule has 2 rings (SSSR count). The van der Waals surface area contributed by atoms with E-state index in [1.54, 1.807) is 17.4 Å². The SMILES string of the molecule is CCc1cnc(CNCc2ccc(Cl)o2)s1. The normalized spacial score (nSPS) is 10.9. The Labute approximate surface area is 103 Å². The van der Waals surface area contributed by atoms with Crippen molar-refractivity contribution in [1.29, 1.82) is 0 Å². The molecule has 16 heavy (non-hydrogen) atoms. The summed E-state index contributed by atoms with van der Waals surface area (Å²) in [6.07, 6.45) is 2.98. The predicted octanol–water partition coefficient (Wildman–Crippen LogP) is 3.24. The Morgan fingerprint density at radius 1 is 1.44 bits per heavy atom. The van der Waals surface area contributed by atoms with Crippen molar-refractivity contribution in [1.82, 2.24) is 10.3 Å². The van der Waals surface area contributed by atoms with Crippen LogP contribution in [0, 0.1) is 0 Å². The lowest BCUT2D eigenvalue weighted by Gasteiger charge is -1.98. The Hall–Kier alpha value is -0.840. The van der Waals surface area contributed by atoms with Crippen molar-refractivity contribution in [3.63, 3.8) is 0 Å². The van der Waals surface area contributed by atoms with Gasteiger partial charge < -0.3 is 9.73 Å². The van der Waals surface area contributed by atoms with Crippen molar-refractivity contribution >= 4 is 22.9 Å². The minimum atomic E-state index is 0.430. The molecule has 2 heterocycles. The summed E-state index contributed by atoms with van der Waals surface area (Å²) >= 11 is 7.42. The van der Waals surface area contributed by atoms with Gasteiger partial charge in [0.25, 0.3) is 0 Å². The summed E-state index contributed by atoms with van der Waals surface area (Å²) in [6.45, 7) is 3.58. The minimum absolute atomic E-state index is 0.430. The van der Waals surface area contributed by atoms with Crippen LogP contribution in [0.3, 0.4) is 0 Å². The molecule has 5 heteroatoms. The molecule has 0 fully saturated rings. The molecular formula is C11H13ClN2OS. The Balaban J connectivity index is 1.79. The number of aromatic nitrogens is 1. The second kappa shape index (κ2) is 5.48. The molecule has 1 N–H and O–H groups in total. The van der Waals surface area contributed by atoms with Crippen LogP contribution < -0.4 is 5.32 Å². The summed E-state index contributed by atoms with van der Waals surface area (Å²) in [5.74, 6) is 0.845. The third-order valence-corrected chi connectivity index (χ3v) is 3.50. The highest BCUT2D eigenvalue weighted by atomic mass is 35.5. The van der Waals surface area contributed by atoms with Crippen molar-refractivity contribution in [3.05, 3.63) is 39.2 Å². The van der Waals surface area contributed by atoms with Gasteiger partial charge in [0.05, 0.1) is 6.54 Å². The van der Waals surface area contributed by atoms with Crippen LogP contribution in [-0.2, 0) is 19.5 Å². The minimum Gasteiger partial charge on any atom is -0.448 e. The number of hydrogen-bond donors (Lipinski definition) is 1. The standard InChI is InChI=1S/C11H13ClN2OS/c1-2-9-6-14-11(16-9)7-13-5-8-3-4-10(12)15-8/h3-4,6,13H,2,5,7H2,1H3. The molecule has 0 atom stereocenters. The van der Waals surface area contributed by atoms with Gasteiger partial charge in [-0.15, -0.1) is 11.3 Å². The molecule has 2 aromatic heterocycles. The number of nitrogens with zero attached hydrogens (tertiary/aromatic N) is 1. The molecule has 0 unspecified atom stereocenters. The molecule has 0 aliphatic rings.